The number of ether oxygens (including phenoxy) is 1. The molecular weight excluding hydrogens is 302 g/mol. The van der Waals surface area contributed by atoms with Crippen molar-refractivity contribution in [1.82, 2.24) is 10.6 Å². The predicted molar refractivity (Wildman–Crippen MR) is 96.0 cm³/mol. The van der Waals surface area contributed by atoms with Gasteiger partial charge in [0, 0.05) is 7.05 Å². The molecule has 0 aliphatic heterocycles. The Hall–Kier alpha value is -1.88. The Labute approximate surface area is 144 Å². The molecule has 1 fully saturated rings. The van der Waals surface area contributed by atoms with Gasteiger partial charge in [0.1, 0.15) is 11.8 Å². The maximum Gasteiger partial charge on any atom is 0.188 e. The molecule has 5 nitrogen and oxygen atoms in total. The number of rotatable bonds is 8. The summed E-state index contributed by atoms with van der Waals surface area (Å²) in [6.07, 6.45) is 7.70. The number of guanidine groups is 1. The molecule has 0 saturated heterocycles. The van der Waals surface area contributed by atoms with Crippen molar-refractivity contribution in [3.8, 4) is 0 Å². The maximum absolute atomic E-state index is 11.9. The molecule has 1 saturated carbocycles. The maximum atomic E-state index is 11.9. The summed E-state index contributed by atoms with van der Waals surface area (Å²) in [4.78, 5) is 11.9. The van der Waals surface area contributed by atoms with E-state index in [0.29, 0.717) is 12.5 Å². The summed E-state index contributed by atoms with van der Waals surface area (Å²) in [6, 6.07) is 9.93. The van der Waals surface area contributed by atoms with Crippen LogP contribution in [0, 0.1) is 11.3 Å². The van der Waals surface area contributed by atoms with E-state index < -0.39 is 5.54 Å². The Bertz CT molecular complexity index is 515. The van der Waals surface area contributed by atoms with Crippen molar-refractivity contribution in [2.24, 2.45) is 5.92 Å². The van der Waals surface area contributed by atoms with Gasteiger partial charge >= 0.3 is 0 Å². The molecule has 2 rings (SSSR count). The minimum Gasteiger partial charge on any atom is -0.374 e. The van der Waals surface area contributed by atoms with Crippen molar-refractivity contribution < 1.29 is 9.53 Å². The van der Waals surface area contributed by atoms with Crippen molar-refractivity contribution >= 4 is 12.2 Å². The zero-order valence-corrected chi connectivity index (χ0v) is 14.5. The fraction of sp³-hybridized carbons (Fsp3) is 0.579. The second-order valence-electron chi connectivity index (χ2n) is 6.71. The molecule has 0 spiro atoms. The van der Waals surface area contributed by atoms with E-state index in [-0.39, 0.29) is 12.6 Å². The zero-order chi connectivity index (χ0) is 17.3. The minimum absolute atomic E-state index is 0.154. The predicted octanol–water partition coefficient (Wildman–Crippen LogP) is 2.86. The lowest BCUT2D eigenvalue weighted by molar-refractivity contribution is -0.116. The van der Waals surface area contributed by atoms with Crippen LogP contribution < -0.4 is 10.6 Å². The lowest BCUT2D eigenvalue weighted by atomic mass is 9.80. The lowest BCUT2D eigenvalue weighted by Gasteiger charge is -2.35. The molecule has 1 aliphatic carbocycles. The number of hydrogen-bond acceptors (Lipinski definition) is 3. The second-order valence-corrected chi connectivity index (χ2v) is 6.71. The Morgan fingerprint density at radius 2 is 2.00 bits per heavy atom. The first-order chi connectivity index (χ1) is 11.7. The Morgan fingerprint density at radius 3 is 2.62 bits per heavy atom. The van der Waals surface area contributed by atoms with Crippen molar-refractivity contribution in [3.05, 3.63) is 35.9 Å². The first-order valence-corrected chi connectivity index (χ1v) is 8.80. The van der Waals surface area contributed by atoms with Gasteiger partial charge in [-0.3, -0.25) is 5.41 Å². The van der Waals surface area contributed by atoms with Crippen molar-refractivity contribution in [3.63, 3.8) is 0 Å². The third kappa shape index (κ3) is 5.64. The van der Waals surface area contributed by atoms with Gasteiger partial charge in [-0.05, 0) is 17.9 Å². The van der Waals surface area contributed by atoms with E-state index >= 15 is 0 Å². The van der Waals surface area contributed by atoms with Gasteiger partial charge in [0.25, 0.3) is 0 Å². The molecular formula is C19H29N3O2. The molecule has 0 radical (unpaired) electrons. The van der Waals surface area contributed by atoms with E-state index in [4.69, 9.17) is 10.1 Å². The standard InChI is InChI=1S/C19H29N3O2/c1-21-18(20)22-19(14-23,12-16-8-4-2-5-9-16)15-24-13-17-10-6-3-7-11-17/h3,6-7,10-11,14,16H,2,4-5,8-9,12-13,15H2,1H3,(H3,20,21,22). The van der Waals surface area contributed by atoms with Gasteiger partial charge in [-0.15, -0.1) is 0 Å². The topological polar surface area (TPSA) is 74.2 Å². The van der Waals surface area contributed by atoms with Gasteiger partial charge in [0.05, 0.1) is 13.2 Å². The van der Waals surface area contributed by atoms with Crippen LogP contribution in [0.3, 0.4) is 0 Å². The smallest absolute Gasteiger partial charge is 0.188 e. The Kier molecular flexibility index (Phi) is 7.25. The molecule has 3 N–H and O–H groups in total. The van der Waals surface area contributed by atoms with E-state index in [1.165, 1.54) is 19.3 Å². The highest BCUT2D eigenvalue weighted by Crippen LogP contribution is 2.30. The summed E-state index contributed by atoms with van der Waals surface area (Å²) in [6.45, 7) is 0.738. The fourth-order valence-corrected chi connectivity index (χ4v) is 3.40. The van der Waals surface area contributed by atoms with Crippen LogP contribution in [-0.2, 0) is 16.1 Å². The van der Waals surface area contributed by atoms with Gasteiger partial charge in [0.2, 0.25) is 0 Å². The highest BCUT2D eigenvalue weighted by Gasteiger charge is 2.34. The lowest BCUT2D eigenvalue weighted by Crippen LogP contribution is -2.57. The molecule has 1 atom stereocenters. The van der Waals surface area contributed by atoms with Gasteiger partial charge in [-0.2, -0.15) is 0 Å². The van der Waals surface area contributed by atoms with Gasteiger partial charge in [-0.25, -0.2) is 0 Å². The quantitative estimate of drug-likeness (QED) is 0.389. The number of benzene rings is 1. The molecule has 1 aliphatic rings. The van der Waals surface area contributed by atoms with Crippen LogP contribution in [-0.4, -0.2) is 31.4 Å². The monoisotopic (exact) mass is 331 g/mol. The van der Waals surface area contributed by atoms with E-state index in [0.717, 1.165) is 31.1 Å². The summed E-state index contributed by atoms with van der Waals surface area (Å²) in [5.74, 6) is 0.669. The molecule has 0 heterocycles. The SMILES string of the molecule is CNC(=N)NC(C=O)(COCc1ccccc1)CC1CCCCC1. The van der Waals surface area contributed by atoms with Crippen LogP contribution in [0.2, 0.25) is 0 Å². The highest BCUT2D eigenvalue weighted by molar-refractivity contribution is 5.82. The average molecular weight is 331 g/mol. The van der Waals surface area contributed by atoms with E-state index in [1.807, 2.05) is 30.3 Å². The molecule has 24 heavy (non-hydrogen) atoms. The minimum atomic E-state index is -0.836. The van der Waals surface area contributed by atoms with E-state index in [1.54, 1.807) is 7.05 Å². The fourth-order valence-electron chi connectivity index (χ4n) is 3.40. The summed E-state index contributed by atoms with van der Waals surface area (Å²) in [7, 11) is 1.68. The first kappa shape index (κ1) is 18.5. The zero-order valence-electron chi connectivity index (χ0n) is 14.5. The van der Waals surface area contributed by atoms with Crippen LogP contribution in [0.4, 0.5) is 0 Å². The first-order valence-electron chi connectivity index (χ1n) is 8.80. The van der Waals surface area contributed by atoms with E-state index in [2.05, 4.69) is 10.6 Å². The van der Waals surface area contributed by atoms with Gasteiger partial charge < -0.3 is 20.2 Å². The molecule has 1 unspecified atom stereocenters. The number of aldehydes is 1. The molecule has 0 bridgehead atoms. The summed E-state index contributed by atoms with van der Waals surface area (Å²) < 4.78 is 5.84. The van der Waals surface area contributed by atoms with Crippen LogP contribution in [0.1, 0.15) is 44.1 Å². The molecule has 132 valence electrons. The van der Waals surface area contributed by atoms with Gasteiger partial charge in [-0.1, -0.05) is 62.4 Å². The number of nitrogens with one attached hydrogen (secondary N) is 3. The summed E-state index contributed by atoms with van der Waals surface area (Å²) in [5, 5.41) is 13.7. The average Bonchev–Trinajstić information content (AvgIpc) is 2.63. The normalized spacial score (nSPS) is 17.7. The molecule has 0 amide bonds. The molecule has 0 aromatic heterocycles. The third-order valence-electron chi connectivity index (χ3n) is 4.70. The largest absolute Gasteiger partial charge is 0.374 e. The Balaban J connectivity index is 1.99. The number of hydrogen-bond donors (Lipinski definition) is 3. The van der Waals surface area contributed by atoms with Crippen LogP contribution in [0.5, 0.6) is 0 Å². The van der Waals surface area contributed by atoms with Crippen molar-refractivity contribution in [2.75, 3.05) is 13.7 Å². The molecule has 1 aromatic rings. The molecule has 1 aromatic carbocycles. The van der Waals surface area contributed by atoms with Crippen LogP contribution >= 0.6 is 0 Å². The third-order valence-corrected chi connectivity index (χ3v) is 4.70. The van der Waals surface area contributed by atoms with Crippen molar-refractivity contribution in [1.29, 1.82) is 5.41 Å². The van der Waals surface area contributed by atoms with E-state index in [9.17, 15) is 4.79 Å². The molecule has 5 heteroatoms. The van der Waals surface area contributed by atoms with Crippen LogP contribution in [0.15, 0.2) is 30.3 Å². The second kappa shape index (κ2) is 9.42. The van der Waals surface area contributed by atoms with Gasteiger partial charge in [0.15, 0.2) is 5.96 Å². The number of carbonyl (C=O) groups excluding carboxylic acids is 1. The summed E-state index contributed by atoms with van der Waals surface area (Å²) >= 11 is 0. The highest BCUT2D eigenvalue weighted by atomic mass is 16.5. The number of carbonyl (C=O) groups is 1. The van der Waals surface area contributed by atoms with Crippen molar-refractivity contribution in [2.45, 2.75) is 50.7 Å². The Morgan fingerprint density at radius 1 is 1.29 bits per heavy atom. The summed E-state index contributed by atoms with van der Waals surface area (Å²) in [5.41, 5.74) is 0.246. The van der Waals surface area contributed by atoms with Crippen LogP contribution in [0.25, 0.3) is 0 Å².